The van der Waals surface area contributed by atoms with E-state index in [9.17, 15) is 4.79 Å². The quantitative estimate of drug-likeness (QED) is 0.788. The molecule has 6 nitrogen and oxygen atoms in total. The van der Waals surface area contributed by atoms with Gasteiger partial charge < -0.3 is 5.32 Å². The summed E-state index contributed by atoms with van der Waals surface area (Å²) in [5.41, 5.74) is 2.67. The van der Waals surface area contributed by atoms with Crippen LogP contribution < -0.4 is 5.32 Å². The molecule has 23 heavy (non-hydrogen) atoms. The number of carbonyl (C=O) groups excluding carboxylic acids is 1. The fourth-order valence-electron chi connectivity index (χ4n) is 2.73. The molecule has 0 atom stereocenters. The first-order chi connectivity index (χ1) is 11.2. The SMILES string of the molecule is Cn1cc(-c2cc3cc(CC(=O)C4CNC4)ncc3cn2)cn1. The number of aryl methyl sites for hydroxylation is 1. The van der Waals surface area contributed by atoms with Crippen LogP contribution in [0.25, 0.3) is 22.0 Å². The zero-order valence-corrected chi connectivity index (χ0v) is 12.9. The molecule has 0 aromatic carbocycles. The molecule has 0 spiro atoms. The van der Waals surface area contributed by atoms with Crippen LogP contribution in [0.5, 0.6) is 0 Å². The summed E-state index contributed by atoms with van der Waals surface area (Å²) in [7, 11) is 1.88. The molecule has 4 heterocycles. The van der Waals surface area contributed by atoms with Crippen molar-refractivity contribution in [2.24, 2.45) is 13.0 Å². The van der Waals surface area contributed by atoms with Crippen LogP contribution in [0.4, 0.5) is 0 Å². The normalized spacial score (nSPS) is 14.8. The van der Waals surface area contributed by atoms with Crippen molar-refractivity contribution in [3.05, 3.63) is 42.6 Å². The van der Waals surface area contributed by atoms with Crippen molar-refractivity contribution in [2.75, 3.05) is 13.1 Å². The zero-order valence-electron chi connectivity index (χ0n) is 12.9. The number of rotatable bonds is 4. The van der Waals surface area contributed by atoms with E-state index in [-0.39, 0.29) is 11.7 Å². The molecule has 3 aromatic rings. The Labute approximate surface area is 133 Å². The molecule has 116 valence electrons. The Bertz CT molecular complexity index is 882. The summed E-state index contributed by atoms with van der Waals surface area (Å²) in [6, 6.07) is 4.01. The minimum absolute atomic E-state index is 0.149. The fraction of sp³-hybridized carbons (Fsp3) is 0.294. The molecule has 1 aliphatic rings. The van der Waals surface area contributed by atoms with Gasteiger partial charge in [0.05, 0.1) is 11.9 Å². The van der Waals surface area contributed by atoms with Crippen LogP contribution in [0.3, 0.4) is 0 Å². The second-order valence-electron chi connectivity index (χ2n) is 5.99. The average Bonchev–Trinajstić information content (AvgIpc) is 2.91. The molecule has 1 saturated heterocycles. The molecule has 0 bridgehead atoms. The Balaban J connectivity index is 1.65. The lowest BCUT2D eigenvalue weighted by Crippen LogP contribution is -2.47. The third-order valence-electron chi connectivity index (χ3n) is 4.25. The Morgan fingerprint density at radius 3 is 2.74 bits per heavy atom. The molecular weight excluding hydrogens is 290 g/mol. The number of pyridine rings is 2. The van der Waals surface area contributed by atoms with Gasteiger partial charge in [0, 0.05) is 67.7 Å². The van der Waals surface area contributed by atoms with Crippen molar-refractivity contribution < 1.29 is 4.79 Å². The zero-order chi connectivity index (χ0) is 15.8. The van der Waals surface area contributed by atoms with E-state index >= 15 is 0 Å². The predicted octanol–water partition coefficient (Wildman–Crippen LogP) is 1.36. The summed E-state index contributed by atoms with van der Waals surface area (Å²) < 4.78 is 1.75. The third-order valence-corrected chi connectivity index (χ3v) is 4.25. The van der Waals surface area contributed by atoms with E-state index in [0.717, 1.165) is 40.8 Å². The standard InChI is InChI=1S/C17H17N5O/c1-22-10-14(9-21-22)16-3-11-2-15(19-7-12(11)8-20-16)4-17(23)13-5-18-6-13/h2-3,7-10,13,18H,4-6H2,1H3. The van der Waals surface area contributed by atoms with Crippen molar-refractivity contribution in [3.8, 4) is 11.3 Å². The largest absolute Gasteiger partial charge is 0.315 e. The molecule has 0 amide bonds. The smallest absolute Gasteiger partial charge is 0.144 e. The molecule has 1 N–H and O–H groups in total. The number of carbonyl (C=O) groups is 1. The number of nitrogens with zero attached hydrogens (tertiary/aromatic N) is 4. The topological polar surface area (TPSA) is 72.7 Å². The Morgan fingerprint density at radius 1 is 1.22 bits per heavy atom. The van der Waals surface area contributed by atoms with Gasteiger partial charge in [-0.05, 0) is 17.5 Å². The van der Waals surface area contributed by atoms with Gasteiger partial charge in [-0.3, -0.25) is 19.4 Å². The molecule has 4 rings (SSSR count). The van der Waals surface area contributed by atoms with E-state index < -0.39 is 0 Å². The molecule has 0 aliphatic carbocycles. The van der Waals surface area contributed by atoms with Crippen LogP contribution in [0.15, 0.2) is 36.9 Å². The van der Waals surface area contributed by atoms with Crippen LogP contribution in [0.1, 0.15) is 5.69 Å². The van der Waals surface area contributed by atoms with E-state index in [0.29, 0.717) is 6.42 Å². The molecular formula is C17H17N5O. The predicted molar refractivity (Wildman–Crippen MR) is 86.8 cm³/mol. The molecule has 1 aliphatic heterocycles. The second-order valence-corrected chi connectivity index (χ2v) is 5.99. The maximum absolute atomic E-state index is 12.1. The number of hydrogen-bond acceptors (Lipinski definition) is 5. The van der Waals surface area contributed by atoms with E-state index in [1.54, 1.807) is 17.1 Å². The van der Waals surface area contributed by atoms with Gasteiger partial charge in [0.2, 0.25) is 0 Å². The first-order valence-electron chi connectivity index (χ1n) is 7.66. The summed E-state index contributed by atoms with van der Waals surface area (Å²) >= 11 is 0. The van der Waals surface area contributed by atoms with E-state index in [1.807, 2.05) is 31.6 Å². The first kappa shape index (κ1) is 14.0. The van der Waals surface area contributed by atoms with Crippen molar-refractivity contribution >= 4 is 16.6 Å². The van der Waals surface area contributed by atoms with Gasteiger partial charge in [0.1, 0.15) is 5.78 Å². The van der Waals surface area contributed by atoms with Crippen LogP contribution in [0, 0.1) is 5.92 Å². The fourth-order valence-corrected chi connectivity index (χ4v) is 2.73. The summed E-state index contributed by atoms with van der Waals surface area (Å²) in [5.74, 6) is 0.410. The molecule has 0 radical (unpaired) electrons. The number of fused-ring (bicyclic) bond motifs is 1. The molecule has 3 aromatic heterocycles. The highest BCUT2D eigenvalue weighted by Gasteiger charge is 2.24. The molecule has 0 unspecified atom stereocenters. The average molecular weight is 307 g/mol. The second kappa shape index (κ2) is 5.55. The van der Waals surface area contributed by atoms with Gasteiger partial charge >= 0.3 is 0 Å². The van der Waals surface area contributed by atoms with Crippen molar-refractivity contribution in [1.82, 2.24) is 25.1 Å². The lowest BCUT2D eigenvalue weighted by molar-refractivity contribution is -0.123. The van der Waals surface area contributed by atoms with Crippen LogP contribution in [0.2, 0.25) is 0 Å². The first-order valence-corrected chi connectivity index (χ1v) is 7.66. The van der Waals surface area contributed by atoms with Gasteiger partial charge in [-0.1, -0.05) is 0 Å². The minimum Gasteiger partial charge on any atom is -0.315 e. The van der Waals surface area contributed by atoms with E-state index in [1.165, 1.54) is 0 Å². The highest BCUT2D eigenvalue weighted by Crippen LogP contribution is 2.22. The van der Waals surface area contributed by atoms with Gasteiger partial charge in [0.25, 0.3) is 0 Å². The monoisotopic (exact) mass is 307 g/mol. The number of hydrogen-bond donors (Lipinski definition) is 1. The van der Waals surface area contributed by atoms with Crippen molar-refractivity contribution in [2.45, 2.75) is 6.42 Å². The summed E-state index contributed by atoms with van der Waals surface area (Å²) in [6.45, 7) is 1.59. The van der Waals surface area contributed by atoms with Gasteiger partial charge in [-0.25, -0.2) is 0 Å². The molecule has 1 fully saturated rings. The minimum atomic E-state index is 0.149. The van der Waals surface area contributed by atoms with Gasteiger partial charge in [0.15, 0.2) is 0 Å². The third kappa shape index (κ3) is 2.73. The highest BCUT2D eigenvalue weighted by atomic mass is 16.1. The van der Waals surface area contributed by atoms with Crippen molar-refractivity contribution in [1.29, 1.82) is 0 Å². The van der Waals surface area contributed by atoms with E-state index in [4.69, 9.17) is 0 Å². The Morgan fingerprint density at radius 2 is 2.04 bits per heavy atom. The van der Waals surface area contributed by atoms with Gasteiger partial charge in [-0.2, -0.15) is 5.10 Å². The maximum Gasteiger partial charge on any atom is 0.144 e. The van der Waals surface area contributed by atoms with Crippen LogP contribution >= 0.6 is 0 Å². The van der Waals surface area contributed by atoms with Crippen LogP contribution in [-0.2, 0) is 18.3 Å². The number of Topliss-reactive ketones (excluding diaryl/α,β-unsaturated/α-hetero) is 1. The van der Waals surface area contributed by atoms with Crippen molar-refractivity contribution in [3.63, 3.8) is 0 Å². The highest BCUT2D eigenvalue weighted by molar-refractivity contribution is 5.87. The van der Waals surface area contributed by atoms with Gasteiger partial charge in [-0.15, -0.1) is 0 Å². The Kier molecular flexibility index (Phi) is 3.38. The summed E-state index contributed by atoms with van der Waals surface area (Å²) in [4.78, 5) is 21.0. The summed E-state index contributed by atoms with van der Waals surface area (Å²) in [5, 5.41) is 9.32. The Hall–Kier alpha value is -2.60. The molecule has 0 saturated carbocycles. The number of aromatic nitrogens is 4. The number of ketones is 1. The lowest BCUT2D eigenvalue weighted by Gasteiger charge is -2.25. The molecule has 6 heteroatoms. The maximum atomic E-state index is 12.1. The number of nitrogens with one attached hydrogen (secondary N) is 1. The lowest BCUT2D eigenvalue weighted by atomic mass is 9.94. The summed E-state index contributed by atoms with van der Waals surface area (Å²) in [6.07, 6.45) is 7.72. The van der Waals surface area contributed by atoms with Crippen LogP contribution in [-0.4, -0.2) is 38.6 Å². The van der Waals surface area contributed by atoms with E-state index in [2.05, 4.69) is 20.4 Å².